The van der Waals surface area contributed by atoms with Gasteiger partial charge in [-0.25, -0.2) is 4.39 Å². The van der Waals surface area contributed by atoms with E-state index in [2.05, 4.69) is 11.4 Å². The van der Waals surface area contributed by atoms with Crippen molar-refractivity contribution < 1.29 is 9.13 Å². The normalized spacial score (nSPS) is 18.4. The van der Waals surface area contributed by atoms with E-state index in [0.29, 0.717) is 12.4 Å². The van der Waals surface area contributed by atoms with Crippen LogP contribution in [0.5, 0.6) is 5.75 Å². The lowest BCUT2D eigenvalue weighted by atomic mass is 10.2. The summed E-state index contributed by atoms with van der Waals surface area (Å²) >= 11 is 1.67. The van der Waals surface area contributed by atoms with Gasteiger partial charge in [0.1, 0.15) is 18.2 Å². The number of ether oxygens (including phenoxy) is 1. The van der Waals surface area contributed by atoms with Gasteiger partial charge in [0, 0.05) is 10.9 Å². The number of nitrogens with one attached hydrogen (secondary N) is 1. The molecule has 0 spiro atoms. The molecule has 0 aliphatic carbocycles. The summed E-state index contributed by atoms with van der Waals surface area (Å²) in [6.45, 7) is 0.582. The van der Waals surface area contributed by atoms with Crippen molar-refractivity contribution >= 4 is 17.0 Å². The van der Waals surface area contributed by atoms with Crippen LogP contribution in [0.1, 0.15) is 10.9 Å². The van der Waals surface area contributed by atoms with Gasteiger partial charge in [-0.3, -0.25) is 0 Å². The summed E-state index contributed by atoms with van der Waals surface area (Å²) in [6.07, 6.45) is 0. The average molecular weight is 235 g/mol. The first-order valence-electron chi connectivity index (χ1n) is 5.05. The lowest BCUT2D eigenvalue weighted by molar-refractivity contribution is 0.287. The van der Waals surface area contributed by atoms with Crippen molar-refractivity contribution in [1.29, 1.82) is 0 Å². The highest BCUT2D eigenvalue weighted by Crippen LogP contribution is 2.35. The Bertz CT molecular complexity index is 498. The van der Waals surface area contributed by atoms with Crippen LogP contribution in [0, 0.1) is 5.82 Å². The van der Waals surface area contributed by atoms with Gasteiger partial charge in [-0.15, -0.1) is 11.3 Å². The average Bonchev–Trinajstić information content (AvgIpc) is 2.81. The van der Waals surface area contributed by atoms with Gasteiger partial charge in [0.2, 0.25) is 0 Å². The lowest BCUT2D eigenvalue weighted by Gasteiger charge is -2.26. The molecule has 0 radical (unpaired) electrons. The minimum atomic E-state index is -0.248. The van der Waals surface area contributed by atoms with Crippen LogP contribution in [0.15, 0.2) is 35.7 Å². The zero-order valence-electron chi connectivity index (χ0n) is 8.44. The van der Waals surface area contributed by atoms with Gasteiger partial charge < -0.3 is 10.1 Å². The third kappa shape index (κ3) is 1.65. The first-order chi connectivity index (χ1) is 7.83. The largest absolute Gasteiger partial charge is 0.489 e. The van der Waals surface area contributed by atoms with Crippen LogP contribution in [-0.2, 0) is 0 Å². The molecule has 2 nitrogen and oxygen atoms in total. The Hall–Kier alpha value is -1.55. The third-order valence-corrected chi connectivity index (χ3v) is 3.55. The van der Waals surface area contributed by atoms with E-state index in [1.165, 1.54) is 17.0 Å². The van der Waals surface area contributed by atoms with Crippen LogP contribution in [0.3, 0.4) is 0 Å². The fraction of sp³-hybridized carbons (Fsp3) is 0.167. The molecule has 0 saturated heterocycles. The molecule has 1 aromatic heterocycles. The van der Waals surface area contributed by atoms with Gasteiger partial charge in [-0.1, -0.05) is 6.07 Å². The van der Waals surface area contributed by atoms with Crippen LogP contribution in [-0.4, -0.2) is 6.61 Å². The molecule has 2 aromatic rings. The quantitative estimate of drug-likeness (QED) is 0.817. The zero-order valence-corrected chi connectivity index (χ0v) is 9.26. The highest BCUT2D eigenvalue weighted by Gasteiger charge is 2.21. The van der Waals surface area contributed by atoms with Crippen LogP contribution in [0.2, 0.25) is 0 Å². The maximum absolute atomic E-state index is 13.1. The second kappa shape index (κ2) is 3.79. The van der Waals surface area contributed by atoms with E-state index in [1.54, 1.807) is 17.4 Å². The zero-order chi connectivity index (χ0) is 11.0. The number of fused-ring (bicyclic) bond motifs is 1. The Kier molecular flexibility index (Phi) is 2.29. The molecule has 3 rings (SSSR count). The second-order valence-corrected chi connectivity index (χ2v) is 4.64. The highest BCUT2D eigenvalue weighted by molar-refractivity contribution is 7.10. The van der Waals surface area contributed by atoms with Crippen LogP contribution in [0.25, 0.3) is 0 Å². The molecular formula is C12H10FNOS. The molecular weight excluding hydrogens is 225 g/mol. The summed E-state index contributed by atoms with van der Waals surface area (Å²) in [5.41, 5.74) is 0.727. The van der Waals surface area contributed by atoms with E-state index in [-0.39, 0.29) is 11.9 Å². The molecule has 82 valence electrons. The number of benzene rings is 1. The molecule has 16 heavy (non-hydrogen) atoms. The SMILES string of the molecule is Fc1ccc2c(c1)NC(c1cccs1)CO2. The maximum Gasteiger partial charge on any atom is 0.142 e. The standard InChI is InChI=1S/C12H10FNOS/c13-8-3-4-11-9(6-8)14-10(7-15-11)12-2-1-5-16-12/h1-6,10,14H,7H2. The Labute approximate surface area is 96.7 Å². The minimum Gasteiger partial charge on any atom is -0.489 e. The molecule has 0 bridgehead atoms. The molecule has 1 N–H and O–H groups in total. The predicted octanol–water partition coefficient (Wildman–Crippen LogP) is 3.43. The van der Waals surface area contributed by atoms with E-state index in [0.717, 1.165) is 5.69 Å². The van der Waals surface area contributed by atoms with E-state index in [4.69, 9.17) is 4.74 Å². The number of halogens is 1. The van der Waals surface area contributed by atoms with Gasteiger partial charge in [0.15, 0.2) is 0 Å². The van der Waals surface area contributed by atoms with Crippen LogP contribution < -0.4 is 10.1 Å². The maximum atomic E-state index is 13.1. The number of hydrogen-bond donors (Lipinski definition) is 1. The fourth-order valence-corrected chi connectivity index (χ4v) is 2.55. The summed E-state index contributed by atoms with van der Waals surface area (Å²) in [7, 11) is 0. The Morgan fingerprint density at radius 2 is 2.31 bits per heavy atom. The van der Waals surface area contributed by atoms with Crippen molar-refractivity contribution in [2.45, 2.75) is 6.04 Å². The summed E-state index contributed by atoms with van der Waals surface area (Å²) in [4.78, 5) is 1.20. The Morgan fingerprint density at radius 3 is 3.12 bits per heavy atom. The molecule has 1 aliphatic heterocycles. The molecule has 1 unspecified atom stereocenters. The van der Waals surface area contributed by atoms with Crippen molar-refractivity contribution in [3.63, 3.8) is 0 Å². The number of thiophene rings is 1. The summed E-state index contributed by atoms with van der Waals surface area (Å²) in [5, 5.41) is 5.31. The topological polar surface area (TPSA) is 21.3 Å². The molecule has 1 aliphatic rings. The third-order valence-electron chi connectivity index (χ3n) is 2.56. The van der Waals surface area contributed by atoms with Gasteiger partial charge in [-0.2, -0.15) is 0 Å². The van der Waals surface area contributed by atoms with E-state index >= 15 is 0 Å². The Balaban J connectivity index is 1.91. The molecule has 0 saturated carbocycles. The smallest absolute Gasteiger partial charge is 0.142 e. The number of anilines is 1. The van der Waals surface area contributed by atoms with E-state index in [9.17, 15) is 4.39 Å². The van der Waals surface area contributed by atoms with Gasteiger partial charge in [0.05, 0.1) is 11.7 Å². The minimum absolute atomic E-state index is 0.120. The van der Waals surface area contributed by atoms with E-state index < -0.39 is 0 Å². The van der Waals surface area contributed by atoms with E-state index in [1.807, 2.05) is 11.4 Å². The fourth-order valence-electron chi connectivity index (χ4n) is 1.79. The predicted molar refractivity (Wildman–Crippen MR) is 62.6 cm³/mol. The van der Waals surface area contributed by atoms with Crippen LogP contribution in [0.4, 0.5) is 10.1 Å². The second-order valence-electron chi connectivity index (χ2n) is 3.66. The lowest BCUT2D eigenvalue weighted by Crippen LogP contribution is -2.23. The number of rotatable bonds is 1. The highest BCUT2D eigenvalue weighted by atomic mass is 32.1. The van der Waals surface area contributed by atoms with Crippen molar-refractivity contribution in [3.8, 4) is 5.75 Å². The first kappa shape index (κ1) is 9.66. The van der Waals surface area contributed by atoms with Gasteiger partial charge in [0.25, 0.3) is 0 Å². The number of hydrogen-bond acceptors (Lipinski definition) is 3. The summed E-state index contributed by atoms with van der Waals surface area (Å²) in [5.74, 6) is 0.468. The Morgan fingerprint density at radius 1 is 1.38 bits per heavy atom. The molecule has 4 heteroatoms. The van der Waals surface area contributed by atoms with Gasteiger partial charge >= 0.3 is 0 Å². The van der Waals surface area contributed by atoms with Crippen molar-refractivity contribution in [3.05, 3.63) is 46.4 Å². The van der Waals surface area contributed by atoms with Crippen molar-refractivity contribution in [1.82, 2.24) is 0 Å². The summed E-state index contributed by atoms with van der Waals surface area (Å²) in [6, 6.07) is 8.71. The van der Waals surface area contributed by atoms with Crippen molar-refractivity contribution in [2.24, 2.45) is 0 Å². The monoisotopic (exact) mass is 235 g/mol. The molecule has 1 aromatic carbocycles. The first-order valence-corrected chi connectivity index (χ1v) is 5.93. The van der Waals surface area contributed by atoms with Gasteiger partial charge in [-0.05, 0) is 23.6 Å². The molecule has 0 amide bonds. The molecule has 2 heterocycles. The molecule has 0 fully saturated rings. The van der Waals surface area contributed by atoms with Crippen molar-refractivity contribution in [2.75, 3.05) is 11.9 Å². The molecule has 1 atom stereocenters. The van der Waals surface area contributed by atoms with Crippen LogP contribution >= 0.6 is 11.3 Å². The summed E-state index contributed by atoms with van der Waals surface area (Å²) < 4.78 is 18.7.